The van der Waals surface area contributed by atoms with E-state index in [1.807, 2.05) is 36.4 Å². The molecule has 1 saturated heterocycles. The first-order valence-corrected chi connectivity index (χ1v) is 8.40. The van der Waals surface area contributed by atoms with Crippen LogP contribution >= 0.6 is 11.6 Å². The summed E-state index contributed by atoms with van der Waals surface area (Å²) < 4.78 is 5.87. The summed E-state index contributed by atoms with van der Waals surface area (Å²) >= 11 is 6.23. The number of carboxylic acid groups (broad SMARTS) is 1. The summed E-state index contributed by atoms with van der Waals surface area (Å²) in [6.45, 7) is 2.82. The zero-order valence-corrected chi connectivity index (χ0v) is 14.1. The molecule has 1 aliphatic rings. The second-order valence-corrected chi connectivity index (χ2v) is 6.39. The average molecular weight is 346 g/mol. The monoisotopic (exact) mass is 345 g/mol. The minimum Gasteiger partial charge on any atom is -0.478 e. The highest BCUT2D eigenvalue weighted by atomic mass is 35.5. The van der Waals surface area contributed by atoms with Crippen molar-refractivity contribution in [3.63, 3.8) is 0 Å². The van der Waals surface area contributed by atoms with Crippen molar-refractivity contribution in [3.05, 3.63) is 70.2 Å². The van der Waals surface area contributed by atoms with E-state index in [2.05, 4.69) is 4.90 Å². The lowest BCUT2D eigenvalue weighted by Gasteiger charge is -2.33. The Balaban J connectivity index is 1.66. The molecule has 1 heterocycles. The molecule has 1 atom stereocenters. The van der Waals surface area contributed by atoms with E-state index < -0.39 is 5.97 Å². The fourth-order valence-corrected chi connectivity index (χ4v) is 3.28. The lowest BCUT2D eigenvalue weighted by Crippen LogP contribution is -2.43. The van der Waals surface area contributed by atoms with Crippen LogP contribution in [0.25, 0.3) is 0 Å². The number of halogens is 1. The van der Waals surface area contributed by atoms with E-state index in [1.165, 1.54) is 0 Å². The van der Waals surface area contributed by atoms with Crippen molar-refractivity contribution in [3.8, 4) is 0 Å². The third-order valence-corrected chi connectivity index (χ3v) is 4.64. The Labute approximate surface area is 146 Å². The van der Waals surface area contributed by atoms with Gasteiger partial charge < -0.3 is 9.84 Å². The van der Waals surface area contributed by atoms with Gasteiger partial charge in [0.2, 0.25) is 0 Å². The maximum absolute atomic E-state index is 11.3. The fraction of sp³-hybridized carbons (Fsp3) is 0.316. The Morgan fingerprint density at radius 2 is 1.88 bits per heavy atom. The van der Waals surface area contributed by atoms with E-state index in [9.17, 15) is 9.90 Å². The van der Waals surface area contributed by atoms with Crippen molar-refractivity contribution >= 4 is 17.6 Å². The van der Waals surface area contributed by atoms with Gasteiger partial charge in [-0.3, -0.25) is 4.90 Å². The second kappa shape index (κ2) is 7.79. The molecule has 0 radical (unpaired) electrons. The fourth-order valence-electron chi connectivity index (χ4n) is 3.06. The molecule has 126 valence electrons. The molecule has 0 bridgehead atoms. The topological polar surface area (TPSA) is 49.8 Å². The smallest absolute Gasteiger partial charge is 0.336 e. The molecule has 1 fully saturated rings. The lowest BCUT2D eigenvalue weighted by molar-refractivity contribution is -0.0305. The number of nitrogens with zero attached hydrogens (tertiary/aromatic N) is 1. The van der Waals surface area contributed by atoms with Crippen LogP contribution in [0.1, 0.15) is 21.5 Å². The predicted octanol–water partition coefficient (Wildman–Crippen LogP) is 3.48. The maximum Gasteiger partial charge on any atom is 0.336 e. The van der Waals surface area contributed by atoms with Crippen LogP contribution in [0.3, 0.4) is 0 Å². The molecule has 0 aliphatic carbocycles. The highest BCUT2D eigenvalue weighted by Crippen LogP contribution is 2.21. The van der Waals surface area contributed by atoms with Crippen LogP contribution in [0, 0.1) is 0 Å². The van der Waals surface area contributed by atoms with Gasteiger partial charge in [-0.05, 0) is 23.3 Å². The Morgan fingerprint density at radius 1 is 1.17 bits per heavy atom. The highest BCUT2D eigenvalue weighted by Gasteiger charge is 2.22. The van der Waals surface area contributed by atoms with Gasteiger partial charge in [0.05, 0.1) is 18.3 Å². The van der Waals surface area contributed by atoms with Crippen LogP contribution in [0.4, 0.5) is 0 Å². The number of aromatic carboxylic acids is 1. The van der Waals surface area contributed by atoms with Crippen molar-refractivity contribution in [2.24, 2.45) is 0 Å². The highest BCUT2D eigenvalue weighted by molar-refractivity contribution is 6.31. The summed E-state index contributed by atoms with van der Waals surface area (Å²) in [6, 6.07) is 15.0. The SMILES string of the molecule is O=C(O)c1ccccc1CN1CCOC(Cc2ccccc2Cl)C1. The van der Waals surface area contributed by atoms with Crippen molar-refractivity contribution in [1.29, 1.82) is 0 Å². The lowest BCUT2D eigenvalue weighted by atomic mass is 10.0. The molecule has 4 nitrogen and oxygen atoms in total. The predicted molar refractivity (Wildman–Crippen MR) is 93.6 cm³/mol. The van der Waals surface area contributed by atoms with Crippen LogP contribution in [0.2, 0.25) is 5.02 Å². The summed E-state index contributed by atoms with van der Waals surface area (Å²) in [5, 5.41) is 10.1. The molecule has 0 saturated carbocycles. The molecule has 2 aromatic carbocycles. The van der Waals surface area contributed by atoms with Gasteiger partial charge in [-0.25, -0.2) is 4.79 Å². The number of hydrogen-bond donors (Lipinski definition) is 1. The largest absolute Gasteiger partial charge is 0.478 e. The minimum absolute atomic E-state index is 0.0654. The summed E-state index contributed by atoms with van der Waals surface area (Å²) in [4.78, 5) is 13.6. The molecule has 2 aromatic rings. The van der Waals surface area contributed by atoms with Gasteiger partial charge in [0.1, 0.15) is 0 Å². The number of rotatable bonds is 5. The van der Waals surface area contributed by atoms with Gasteiger partial charge in [0.25, 0.3) is 0 Å². The number of ether oxygens (including phenoxy) is 1. The Hall–Kier alpha value is -1.88. The standard InChI is InChI=1S/C19H20ClNO3/c20-18-8-4-2-5-14(18)11-16-13-21(9-10-24-16)12-15-6-1-3-7-17(15)19(22)23/h1-8,16H,9-13H2,(H,22,23). The molecular formula is C19H20ClNO3. The second-order valence-electron chi connectivity index (χ2n) is 5.99. The normalized spacial score (nSPS) is 18.5. The molecule has 0 spiro atoms. The minimum atomic E-state index is -0.883. The number of benzene rings is 2. The van der Waals surface area contributed by atoms with Gasteiger partial charge in [0, 0.05) is 31.1 Å². The van der Waals surface area contributed by atoms with Crippen molar-refractivity contribution < 1.29 is 14.6 Å². The van der Waals surface area contributed by atoms with Gasteiger partial charge >= 0.3 is 5.97 Å². The first-order valence-electron chi connectivity index (χ1n) is 8.02. The summed E-state index contributed by atoms with van der Waals surface area (Å²) in [7, 11) is 0. The quantitative estimate of drug-likeness (QED) is 0.901. The number of carbonyl (C=O) groups is 1. The molecule has 0 aromatic heterocycles. The first kappa shape index (κ1) is 17.0. The van der Waals surface area contributed by atoms with Crippen LogP contribution in [0.15, 0.2) is 48.5 Å². The van der Waals surface area contributed by atoms with Gasteiger partial charge in [-0.15, -0.1) is 0 Å². The molecule has 1 N–H and O–H groups in total. The van der Waals surface area contributed by atoms with Crippen molar-refractivity contribution in [1.82, 2.24) is 4.90 Å². The summed E-state index contributed by atoms with van der Waals surface area (Å²) in [6.07, 6.45) is 0.826. The van der Waals surface area contributed by atoms with E-state index in [0.29, 0.717) is 18.7 Å². The molecule has 0 amide bonds. The zero-order valence-electron chi connectivity index (χ0n) is 13.3. The summed E-state index contributed by atoms with van der Waals surface area (Å²) in [5.41, 5.74) is 2.28. The Bertz CT molecular complexity index is 719. The Kier molecular flexibility index (Phi) is 5.51. The molecule has 5 heteroatoms. The van der Waals surface area contributed by atoms with Crippen LogP contribution in [0.5, 0.6) is 0 Å². The maximum atomic E-state index is 11.3. The number of carboxylic acids is 1. The van der Waals surface area contributed by atoms with E-state index in [-0.39, 0.29) is 6.10 Å². The van der Waals surface area contributed by atoms with Crippen LogP contribution in [-0.4, -0.2) is 41.8 Å². The van der Waals surface area contributed by atoms with E-state index >= 15 is 0 Å². The number of hydrogen-bond acceptors (Lipinski definition) is 3. The number of morpholine rings is 1. The molecule has 1 aliphatic heterocycles. The van der Waals surface area contributed by atoms with E-state index in [1.54, 1.807) is 12.1 Å². The average Bonchev–Trinajstić information content (AvgIpc) is 2.58. The van der Waals surface area contributed by atoms with E-state index in [4.69, 9.17) is 16.3 Å². The zero-order chi connectivity index (χ0) is 16.9. The summed E-state index contributed by atoms with van der Waals surface area (Å²) in [5.74, 6) is -0.883. The van der Waals surface area contributed by atoms with Gasteiger partial charge in [-0.1, -0.05) is 48.0 Å². The third kappa shape index (κ3) is 4.15. The molecule has 24 heavy (non-hydrogen) atoms. The van der Waals surface area contributed by atoms with Crippen molar-refractivity contribution in [2.75, 3.05) is 19.7 Å². The van der Waals surface area contributed by atoms with Crippen LogP contribution in [-0.2, 0) is 17.7 Å². The van der Waals surface area contributed by atoms with Gasteiger partial charge in [0.15, 0.2) is 0 Å². The molecular weight excluding hydrogens is 326 g/mol. The molecule has 3 rings (SSSR count). The van der Waals surface area contributed by atoms with E-state index in [0.717, 1.165) is 35.7 Å². The van der Waals surface area contributed by atoms with Crippen LogP contribution < -0.4 is 0 Å². The van der Waals surface area contributed by atoms with Crippen molar-refractivity contribution in [2.45, 2.75) is 19.1 Å². The first-order chi connectivity index (χ1) is 11.6. The third-order valence-electron chi connectivity index (χ3n) is 4.27. The van der Waals surface area contributed by atoms with Gasteiger partial charge in [-0.2, -0.15) is 0 Å². The Morgan fingerprint density at radius 3 is 2.62 bits per heavy atom. The molecule has 1 unspecified atom stereocenters.